The average Bonchev–Trinajstić information content (AvgIpc) is 2.41. The molecule has 0 atom stereocenters. The molecule has 2 aromatic carbocycles. The van der Waals surface area contributed by atoms with Gasteiger partial charge in [-0.15, -0.1) is 0 Å². The molecule has 4 heteroatoms. The van der Waals surface area contributed by atoms with Crippen LogP contribution in [-0.2, 0) is 6.54 Å². The summed E-state index contributed by atoms with van der Waals surface area (Å²) in [4.78, 5) is 14.2. The molecule has 0 spiro atoms. The predicted octanol–water partition coefficient (Wildman–Crippen LogP) is 3.45. The van der Waals surface area contributed by atoms with E-state index in [0.29, 0.717) is 5.69 Å². The van der Waals surface area contributed by atoms with Gasteiger partial charge in [-0.05, 0) is 50.8 Å². The summed E-state index contributed by atoms with van der Waals surface area (Å²) in [6.07, 6.45) is 0. The van der Waals surface area contributed by atoms with Gasteiger partial charge in [-0.1, -0.05) is 23.8 Å². The number of amides is 1. The monoisotopic (exact) mass is 286 g/mol. The predicted molar refractivity (Wildman–Crippen MR) is 82.9 cm³/mol. The van der Waals surface area contributed by atoms with E-state index in [4.69, 9.17) is 0 Å². The fraction of sp³-hybridized carbons (Fsp3) is 0.235. The second-order valence-electron chi connectivity index (χ2n) is 5.38. The molecule has 0 aromatic heterocycles. The third kappa shape index (κ3) is 4.13. The summed E-state index contributed by atoms with van der Waals surface area (Å²) in [6.45, 7) is 2.61. The zero-order valence-corrected chi connectivity index (χ0v) is 12.5. The molecule has 0 radical (unpaired) electrons. The number of nitrogens with one attached hydrogen (secondary N) is 1. The van der Waals surface area contributed by atoms with Crippen LogP contribution in [0.15, 0.2) is 42.5 Å². The first-order chi connectivity index (χ1) is 9.95. The lowest BCUT2D eigenvalue weighted by molar-refractivity contribution is 0.102. The van der Waals surface area contributed by atoms with E-state index >= 15 is 0 Å². The van der Waals surface area contributed by atoms with E-state index in [1.165, 1.54) is 6.07 Å². The fourth-order valence-corrected chi connectivity index (χ4v) is 2.12. The summed E-state index contributed by atoms with van der Waals surface area (Å²) in [5.41, 5.74) is 2.67. The Balaban J connectivity index is 2.17. The number of hydrogen-bond acceptors (Lipinski definition) is 2. The van der Waals surface area contributed by atoms with Gasteiger partial charge in [0.15, 0.2) is 0 Å². The smallest absolute Gasteiger partial charge is 0.258 e. The van der Waals surface area contributed by atoms with Crippen molar-refractivity contribution < 1.29 is 9.18 Å². The average molecular weight is 286 g/mol. The van der Waals surface area contributed by atoms with Gasteiger partial charge in [0, 0.05) is 12.2 Å². The minimum Gasteiger partial charge on any atom is -0.322 e. The van der Waals surface area contributed by atoms with Gasteiger partial charge < -0.3 is 10.2 Å². The van der Waals surface area contributed by atoms with E-state index < -0.39 is 11.7 Å². The highest BCUT2D eigenvalue weighted by Gasteiger charge is 2.12. The molecule has 0 aliphatic carbocycles. The summed E-state index contributed by atoms with van der Waals surface area (Å²) in [7, 11) is 3.96. The van der Waals surface area contributed by atoms with E-state index in [0.717, 1.165) is 17.7 Å². The maximum atomic E-state index is 13.7. The number of hydrogen-bond donors (Lipinski definition) is 1. The quantitative estimate of drug-likeness (QED) is 0.933. The van der Waals surface area contributed by atoms with Crippen LogP contribution in [0.2, 0.25) is 0 Å². The highest BCUT2D eigenvalue weighted by Crippen LogP contribution is 2.15. The third-order valence-corrected chi connectivity index (χ3v) is 3.05. The SMILES string of the molecule is Cc1ccc(F)c(C(=O)Nc2cccc(CN(C)C)c2)c1. The summed E-state index contributed by atoms with van der Waals surface area (Å²) in [6, 6.07) is 12.1. The summed E-state index contributed by atoms with van der Waals surface area (Å²) in [5, 5.41) is 2.74. The van der Waals surface area contributed by atoms with Crippen molar-refractivity contribution in [3.8, 4) is 0 Å². The van der Waals surface area contributed by atoms with Crippen LogP contribution in [0.3, 0.4) is 0 Å². The standard InChI is InChI=1S/C17H19FN2O/c1-12-7-8-16(18)15(9-12)17(21)19-14-6-4-5-13(10-14)11-20(2)3/h4-10H,11H2,1-3H3,(H,19,21). The molecule has 2 aromatic rings. The van der Waals surface area contributed by atoms with Crippen LogP contribution in [-0.4, -0.2) is 24.9 Å². The van der Waals surface area contributed by atoms with Gasteiger partial charge in [-0.25, -0.2) is 4.39 Å². The Morgan fingerprint density at radius 2 is 1.95 bits per heavy atom. The molecule has 0 saturated carbocycles. The first-order valence-corrected chi connectivity index (χ1v) is 6.77. The van der Waals surface area contributed by atoms with Gasteiger partial charge in [0.05, 0.1) is 5.56 Å². The molecule has 3 nitrogen and oxygen atoms in total. The van der Waals surface area contributed by atoms with Gasteiger partial charge >= 0.3 is 0 Å². The number of aryl methyl sites for hydroxylation is 1. The molecular formula is C17H19FN2O. The Labute approximate surface area is 124 Å². The molecule has 0 unspecified atom stereocenters. The van der Waals surface area contributed by atoms with Crippen LogP contribution in [0, 0.1) is 12.7 Å². The molecule has 1 amide bonds. The normalized spacial score (nSPS) is 10.7. The molecule has 0 bridgehead atoms. The van der Waals surface area contributed by atoms with Crippen molar-refractivity contribution in [2.24, 2.45) is 0 Å². The number of carbonyl (C=O) groups excluding carboxylic acids is 1. The fourth-order valence-electron chi connectivity index (χ4n) is 2.12. The lowest BCUT2D eigenvalue weighted by Crippen LogP contribution is -2.15. The van der Waals surface area contributed by atoms with Crippen LogP contribution in [0.1, 0.15) is 21.5 Å². The molecule has 2 rings (SSSR count). The Hall–Kier alpha value is -2.20. The topological polar surface area (TPSA) is 32.3 Å². The lowest BCUT2D eigenvalue weighted by Gasteiger charge is -2.12. The number of halogens is 1. The molecule has 110 valence electrons. The Morgan fingerprint density at radius 1 is 1.19 bits per heavy atom. The number of rotatable bonds is 4. The summed E-state index contributed by atoms with van der Waals surface area (Å²) < 4.78 is 13.7. The van der Waals surface area contributed by atoms with Crippen LogP contribution >= 0.6 is 0 Å². The number of carbonyl (C=O) groups is 1. The molecular weight excluding hydrogens is 267 g/mol. The van der Waals surface area contributed by atoms with Gasteiger partial charge in [0.1, 0.15) is 5.82 Å². The first-order valence-electron chi connectivity index (χ1n) is 6.77. The first kappa shape index (κ1) is 15.2. The van der Waals surface area contributed by atoms with Crippen LogP contribution < -0.4 is 5.32 Å². The molecule has 1 N–H and O–H groups in total. The van der Waals surface area contributed by atoms with Crippen LogP contribution in [0.25, 0.3) is 0 Å². The zero-order chi connectivity index (χ0) is 15.4. The molecule has 0 aliphatic rings. The van der Waals surface area contributed by atoms with Crippen LogP contribution in [0.5, 0.6) is 0 Å². The number of anilines is 1. The molecule has 0 heterocycles. The largest absolute Gasteiger partial charge is 0.322 e. The van der Waals surface area contributed by atoms with Gasteiger partial charge in [-0.3, -0.25) is 4.79 Å². The Bertz CT molecular complexity index is 653. The van der Waals surface area contributed by atoms with Crippen molar-refractivity contribution in [3.05, 3.63) is 65.0 Å². The molecule has 0 fully saturated rings. The highest BCUT2D eigenvalue weighted by atomic mass is 19.1. The van der Waals surface area contributed by atoms with Gasteiger partial charge in [-0.2, -0.15) is 0 Å². The summed E-state index contributed by atoms with van der Waals surface area (Å²) >= 11 is 0. The van der Waals surface area contributed by atoms with E-state index in [2.05, 4.69) is 5.32 Å². The number of benzene rings is 2. The van der Waals surface area contributed by atoms with Crippen molar-refractivity contribution in [1.82, 2.24) is 4.90 Å². The van der Waals surface area contributed by atoms with Gasteiger partial charge in [0.2, 0.25) is 0 Å². The molecule has 0 saturated heterocycles. The second-order valence-corrected chi connectivity index (χ2v) is 5.38. The minimum absolute atomic E-state index is 0.0630. The van der Waals surface area contributed by atoms with Gasteiger partial charge in [0.25, 0.3) is 5.91 Å². The van der Waals surface area contributed by atoms with Crippen molar-refractivity contribution in [3.63, 3.8) is 0 Å². The third-order valence-electron chi connectivity index (χ3n) is 3.05. The van der Waals surface area contributed by atoms with E-state index in [1.54, 1.807) is 18.2 Å². The van der Waals surface area contributed by atoms with Crippen molar-refractivity contribution >= 4 is 11.6 Å². The van der Waals surface area contributed by atoms with E-state index in [-0.39, 0.29) is 5.56 Å². The van der Waals surface area contributed by atoms with Crippen LogP contribution in [0.4, 0.5) is 10.1 Å². The van der Waals surface area contributed by atoms with Crippen molar-refractivity contribution in [2.75, 3.05) is 19.4 Å². The molecule has 21 heavy (non-hydrogen) atoms. The Morgan fingerprint density at radius 3 is 2.67 bits per heavy atom. The Kier molecular flexibility index (Phi) is 4.70. The second kappa shape index (κ2) is 6.50. The number of nitrogens with zero attached hydrogens (tertiary/aromatic N) is 1. The molecule has 0 aliphatic heterocycles. The maximum Gasteiger partial charge on any atom is 0.258 e. The van der Waals surface area contributed by atoms with E-state index in [9.17, 15) is 9.18 Å². The van der Waals surface area contributed by atoms with E-state index in [1.807, 2.05) is 44.1 Å². The minimum atomic E-state index is -0.512. The highest BCUT2D eigenvalue weighted by molar-refractivity contribution is 6.04. The lowest BCUT2D eigenvalue weighted by atomic mass is 10.1. The zero-order valence-electron chi connectivity index (χ0n) is 12.5. The maximum absolute atomic E-state index is 13.7. The van der Waals surface area contributed by atoms with Crippen molar-refractivity contribution in [2.45, 2.75) is 13.5 Å². The van der Waals surface area contributed by atoms with Crippen molar-refractivity contribution in [1.29, 1.82) is 0 Å². The summed E-state index contributed by atoms with van der Waals surface area (Å²) in [5.74, 6) is -0.944.